The van der Waals surface area contributed by atoms with E-state index in [9.17, 15) is 4.79 Å². The van der Waals surface area contributed by atoms with E-state index in [1.165, 1.54) is 11.5 Å². The van der Waals surface area contributed by atoms with Gasteiger partial charge in [0.15, 0.2) is 0 Å². The maximum Gasteiger partial charge on any atom is 0.319 e. The maximum atomic E-state index is 12.2. The van der Waals surface area contributed by atoms with Crippen molar-refractivity contribution in [3.8, 4) is 16.9 Å². The summed E-state index contributed by atoms with van der Waals surface area (Å²) in [4.78, 5) is 17.2. The second-order valence-electron chi connectivity index (χ2n) is 5.06. The molecule has 6 nitrogen and oxygen atoms in total. The van der Waals surface area contributed by atoms with Gasteiger partial charge in [-0.25, -0.2) is 4.79 Å². The van der Waals surface area contributed by atoms with Gasteiger partial charge in [-0.3, -0.25) is 4.98 Å². The van der Waals surface area contributed by atoms with Gasteiger partial charge in [0.05, 0.1) is 34.9 Å². The Morgan fingerprint density at radius 1 is 1.24 bits per heavy atom. The number of nitrogens with one attached hydrogen (secondary N) is 2. The summed E-state index contributed by atoms with van der Waals surface area (Å²) in [5.41, 5.74) is 2.57. The van der Waals surface area contributed by atoms with Gasteiger partial charge in [0.25, 0.3) is 0 Å². The molecular formula is C17H15BrN4O2S. The van der Waals surface area contributed by atoms with Crippen LogP contribution < -0.4 is 15.4 Å². The Bertz CT molecular complexity index is 870. The molecule has 128 valence electrons. The largest absolute Gasteiger partial charge is 0.495 e. The van der Waals surface area contributed by atoms with E-state index in [4.69, 9.17) is 4.74 Å². The number of urea groups is 1. The van der Waals surface area contributed by atoms with Crippen LogP contribution in [0.15, 0.2) is 53.4 Å². The van der Waals surface area contributed by atoms with Crippen LogP contribution in [0.25, 0.3) is 11.1 Å². The minimum Gasteiger partial charge on any atom is -0.495 e. The van der Waals surface area contributed by atoms with Crippen molar-refractivity contribution in [1.82, 2.24) is 14.7 Å². The summed E-state index contributed by atoms with van der Waals surface area (Å²) >= 11 is 4.73. The third-order valence-electron chi connectivity index (χ3n) is 3.47. The molecule has 0 fully saturated rings. The molecule has 3 rings (SSSR count). The molecule has 0 bridgehead atoms. The van der Waals surface area contributed by atoms with E-state index in [-0.39, 0.29) is 6.03 Å². The normalized spacial score (nSPS) is 10.3. The Hall–Kier alpha value is -2.45. The SMILES string of the molecule is COc1ccc(-c2ccncc2)cc1NC(=O)NCc1sncc1Br. The van der Waals surface area contributed by atoms with Crippen LogP contribution in [0, 0.1) is 0 Å². The summed E-state index contributed by atoms with van der Waals surface area (Å²) in [6.07, 6.45) is 5.17. The molecule has 0 saturated heterocycles. The zero-order valence-corrected chi connectivity index (χ0v) is 15.7. The van der Waals surface area contributed by atoms with Gasteiger partial charge < -0.3 is 15.4 Å². The van der Waals surface area contributed by atoms with Crippen LogP contribution in [-0.2, 0) is 6.54 Å². The highest BCUT2D eigenvalue weighted by atomic mass is 79.9. The highest BCUT2D eigenvalue weighted by Crippen LogP contribution is 2.30. The van der Waals surface area contributed by atoms with Gasteiger partial charge in [-0.05, 0) is 62.9 Å². The van der Waals surface area contributed by atoms with E-state index >= 15 is 0 Å². The molecule has 0 aliphatic rings. The molecule has 8 heteroatoms. The monoisotopic (exact) mass is 418 g/mol. The number of benzene rings is 1. The van der Waals surface area contributed by atoms with Crippen LogP contribution in [0.4, 0.5) is 10.5 Å². The van der Waals surface area contributed by atoms with Crippen LogP contribution in [0.5, 0.6) is 5.75 Å². The topological polar surface area (TPSA) is 76.1 Å². The molecule has 2 amide bonds. The van der Waals surface area contributed by atoms with Gasteiger partial charge in [0.1, 0.15) is 5.75 Å². The number of methoxy groups -OCH3 is 1. The number of anilines is 1. The van der Waals surface area contributed by atoms with Gasteiger partial charge >= 0.3 is 6.03 Å². The van der Waals surface area contributed by atoms with Crippen molar-refractivity contribution in [3.05, 3.63) is 58.3 Å². The van der Waals surface area contributed by atoms with E-state index in [0.717, 1.165) is 20.5 Å². The standard InChI is InChI=1S/C17H15BrN4O2S/c1-24-15-3-2-12(11-4-6-19-7-5-11)8-14(15)22-17(23)20-10-16-13(18)9-21-25-16/h2-9H,10H2,1H3,(H2,20,22,23). The van der Waals surface area contributed by atoms with Gasteiger partial charge in [-0.2, -0.15) is 4.37 Å². The summed E-state index contributed by atoms with van der Waals surface area (Å²) in [7, 11) is 1.57. The molecule has 1 aromatic carbocycles. The van der Waals surface area contributed by atoms with Crippen LogP contribution in [0.2, 0.25) is 0 Å². The van der Waals surface area contributed by atoms with E-state index in [1.807, 2.05) is 30.3 Å². The van der Waals surface area contributed by atoms with Gasteiger partial charge in [-0.15, -0.1) is 0 Å². The van der Waals surface area contributed by atoms with Crippen molar-refractivity contribution in [1.29, 1.82) is 0 Å². The minimum absolute atomic E-state index is 0.314. The highest BCUT2D eigenvalue weighted by Gasteiger charge is 2.10. The lowest BCUT2D eigenvalue weighted by Gasteiger charge is -2.13. The van der Waals surface area contributed by atoms with Gasteiger partial charge in [0, 0.05) is 12.4 Å². The molecule has 0 radical (unpaired) electrons. The number of nitrogens with zero attached hydrogens (tertiary/aromatic N) is 2. The fourth-order valence-electron chi connectivity index (χ4n) is 2.23. The van der Waals surface area contributed by atoms with Gasteiger partial charge in [0.2, 0.25) is 0 Å². The summed E-state index contributed by atoms with van der Waals surface area (Å²) in [5.74, 6) is 0.590. The first-order valence-electron chi connectivity index (χ1n) is 7.39. The first-order chi connectivity index (χ1) is 12.2. The molecule has 2 aromatic heterocycles. The van der Waals surface area contributed by atoms with E-state index in [1.54, 1.807) is 25.7 Å². The maximum absolute atomic E-state index is 12.2. The van der Waals surface area contributed by atoms with Crippen molar-refractivity contribution in [2.45, 2.75) is 6.54 Å². The molecule has 0 unspecified atom stereocenters. The number of carbonyl (C=O) groups is 1. The molecule has 0 atom stereocenters. The fraction of sp³-hybridized carbons (Fsp3) is 0.118. The number of rotatable bonds is 5. The molecule has 2 heterocycles. The molecule has 25 heavy (non-hydrogen) atoms. The highest BCUT2D eigenvalue weighted by molar-refractivity contribution is 9.10. The summed E-state index contributed by atoms with van der Waals surface area (Å²) in [5, 5.41) is 5.64. The first-order valence-corrected chi connectivity index (χ1v) is 8.96. The molecule has 0 spiro atoms. The van der Waals surface area contributed by atoms with Crippen molar-refractivity contribution in [2.24, 2.45) is 0 Å². The van der Waals surface area contributed by atoms with Crippen LogP contribution >= 0.6 is 27.5 Å². The third kappa shape index (κ3) is 4.34. The number of hydrogen-bond acceptors (Lipinski definition) is 5. The minimum atomic E-state index is -0.314. The van der Waals surface area contributed by atoms with Crippen molar-refractivity contribution in [2.75, 3.05) is 12.4 Å². The summed E-state index contributed by atoms with van der Waals surface area (Å²) < 4.78 is 10.3. The van der Waals surface area contributed by atoms with Gasteiger partial charge in [-0.1, -0.05) is 6.07 Å². The molecular weight excluding hydrogens is 404 g/mol. The zero-order valence-electron chi connectivity index (χ0n) is 13.3. The fourth-order valence-corrected chi connectivity index (χ4v) is 3.38. The van der Waals surface area contributed by atoms with Crippen molar-refractivity contribution in [3.63, 3.8) is 0 Å². The number of carbonyl (C=O) groups excluding carboxylic acids is 1. The van der Waals surface area contributed by atoms with Crippen molar-refractivity contribution < 1.29 is 9.53 Å². The predicted molar refractivity (Wildman–Crippen MR) is 102 cm³/mol. The second kappa shape index (κ2) is 8.09. The quantitative estimate of drug-likeness (QED) is 0.647. The van der Waals surface area contributed by atoms with Crippen LogP contribution in [0.1, 0.15) is 4.88 Å². The first kappa shape index (κ1) is 17.4. The summed E-state index contributed by atoms with van der Waals surface area (Å²) in [6, 6.07) is 9.14. The predicted octanol–water partition coefficient (Wildman–Crippen LogP) is 4.30. The van der Waals surface area contributed by atoms with Crippen LogP contribution in [-0.4, -0.2) is 22.5 Å². The lowest BCUT2D eigenvalue weighted by molar-refractivity contribution is 0.251. The Labute approximate surface area is 157 Å². The number of halogens is 1. The smallest absolute Gasteiger partial charge is 0.319 e. The molecule has 2 N–H and O–H groups in total. The lowest BCUT2D eigenvalue weighted by atomic mass is 10.1. The Balaban J connectivity index is 1.74. The number of aromatic nitrogens is 2. The zero-order chi connectivity index (χ0) is 17.6. The molecule has 3 aromatic rings. The molecule has 0 saturated carbocycles. The summed E-state index contributed by atoms with van der Waals surface area (Å²) in [6.45, 7) is 0.392. The average molecular weight is 419 g/mol. The lowest BCUT2D eigenvalue weighted by Crippen LogP contribution is -2.28. The van der Waals surface area contributed by atoms with E-state index in [0.29, 0.717) is 18.0 Å². The van der Waals surface area contributed by atoms with E-state index in [2.05, 4.69) is 35.9 Å². The number of pyridine rings is 1. The molecule has 0 aliphatic heterocycles. The number of amides is 2. The van der Waals surface area contributed by atoms with E-state index < -0.39 is 0 Å². The Morgan fingerprint density at radius 2 is 2.04 bits per heavy atom. The number of ether oxygens (including phenoxy) is 1. The van der Waals surface area contributed by atoms with Crippen LogP contribution in [0.3, 0.4) is 0 Å². The molecule has 0 aliphatic carbocycles. The Kier molecular flexibility index (Phi) is 5.62. The second-order valence-corrected chi connectivity index (χ2v) is 6.80. The Morgan fingerprint density at radius 3 is 2.72 bits per heavy atom. The third-order valence-corrected chi connectivity index (χ3v) is 5.21. The average Bonchev–Trinajstić information content (AvgIpc) is 3.05. The number of hydrogen-bond donors (Lipinski definition) is 2. The van der Waals surface area contributed by atoms with Crippen molar-refractivity contribution >= 4 is 39.2 Å².